The number of carbonyl (C=O) groups excluding carboxylic acids is 4. The number of aryl methyl sites for hydroxylation is 1. The number of amides is 2. The minimum atomic E-state index is -1.11. The van der Waals surface area contributed by atoms with Crippen LogP contribution in [0.2, 0.25) is 0 Å². The van der Waals surface area contributed by atoms with Gasteiger partial charge in [0.2, 0.25) is 5.91 Å². The molecule has 0 radical (unpaired) electrons. The SMILES string of the molecule is C=C(N[C@@H](CC(=O)OC(C)(C)C)C(=O)OC)[C@@H](NC(=O)[C@H](CCc1nnnn1COC)NC(=O)c1cccc2ccccc12)C(C)C. The van der Waals surface area contributed by atoms with Gasteiger partial charge in [0.25, 0.3) is 5.91 Å². The van der Waals surface area contributed by atoms with E-state index in [2.05, 4.69) is 38.1 Å². The Morgan fingerprint density at radius 2 is 1.66 bits per heavy atom. The molecule has 2 aromatic carbocycles. The largest absolute Gasteiger partial charge is 0.467 e. The summed E-state index contributed by atoms with van der Waals surface area (Å²) in [6, 6.07) is 10.0. The molecule has 14 nitrogen and oxygen atoms in total. The predicted molar refractivity (Wildman–Crippen MR) is 174 cm³/mol. The van der Waals surface area contributed by atoms with Gasteiger partial charge in [0.15, 0.2) is 5.82 Å². The normalized spacial score (nSPS) is 13.4. The number of aromatic nitrogens is 4. The number of nitrogens with one attached hydrogen (secondary N) is 3. The highest BCUT2D eigenvalue weighted by molar-refractivity contribution is 6.08. The van der Waals surface area contributed by atoms with Gasteiger partial charge in [-0.15, -0.1) is 5.10 Å². The summed E-state index contributed by atoms with van der Waals surface area (Å²) in [6.07, 6.45) is 0.0817. The average molecular weight is 652 g/mol. The topological polar surface area (TPSA) is 176 Å². The second kappa shape index (κ2) is 16.6. The van der Waals surface area contributed by atoms with E-state index in [1.165, 1.54) is 18.9 Å². The first-order chi connectivity index (χ1) is 22.2. The third-order valence-corrected chi connectivity index (χ3v) is 7.15. The Kier molecular flexibility index (Phi) is 13.0. The van der Waals surface area contributed by atoms with Crippen LogP contribution in [-0.4, -0.2) is 81.9 Å². The van der Waals surface area contributed by atoms with Crippen molar-refractivity contribution in [1.82, 2.24) is 36.2 Å². The minimum absolute atomic E-state index is 0.118. The van der Waals surface area contributed by atoms with Crippen molar-refractivity contribution in [3.05, 3.63) is 66.1 Å². The standard InChI is InChI=1S/C33H45N7O7/c1-20(2)29(21(3)34-26(32(44)46-8)18-28(41)47-33(4,5)6)36-31(43)25(16-17-27-37-38-39-40(27)19-45-7)35-30(42)24-15-11-13-22-12-9-10-14-23(22)24/h9-15,20,25-26,29,34H,3,16-19H2,1-2,4-8H3,(H,35,42)(H,36,43)/t25-,26-,29-/m0/s1. The van der Waals surface area contributed by atoms with E-state index in [1.807, 2.05) is 44.2 Å². The number of rotatable bonds is 16. The average Bonchev–Trinajstić information content (AvgIpc) is 3.46. The number of hydrogen-bond donors (Lipinski definition) is 3. The maximum atomic E-state index is 13.9. The van der Waals surface area contributed by atoms with Crippen molar-refractivity contribution in [2.24, 2.45) is 5.92 Å². The zero-order valence-electron chi connectivity index (χ0n) is 28.0. The Bertz CT molecular complexity index is 1560. The smallest absolute Gasteiger partial charge is 0.328 e. The molecule has 2 amide bonds. The minimum Gasteiger partial charge on any atom is -0.467 e. The lowest BCUT2D eigenvalue weighted by atomic mass is 9.99. The van der Waals surface area contributed by atoms with E-state index in [-0.39, 0.29) is 37.6 Å². The van der Waals surface area contributed by atoms with Gasteiger partial charge >= 0.3 is 11.9 Å². The first-order valence-corrected chi connectivity index (χ1v) is 15.3. The molecule has 0 aliphatic rings. The van der Waals surface area contributed by atoms with Crippen LogP contribution in [0.4, 0.5) is 0 Å². The molecule has 0 spiro atoms. The molecule has 3 atom stereocenters. The molecule has 1 aromatic heterocycles. The molecule has 47 heavy (non-hydrogen) atoms. The highest BCUT2D eigenvalue weighted by Gasteiger charge is 2.31. The summed E-state index contributed by atoms with van der Waals surface area (Å²) in [6.45, 7) is 13.1. The van der Waals surface area contributed by atoms with Gasteiger partial charge in [-0.05, 0) is 60.4 Å². The summed E-state index contributed by atoms with van der Waals surface area (Å²) in [4.78, 5) is 52.7. The van der Waals surface area contributed by atoms with Crippen LogP contribution in [0.15, 0.2) is 54.7 Å². The zero-order valence-corrected chi connectivity index (χ0v) is 28.0. The number of methoxy groups -OCH3 is 2. The van der Waals surface area contributed by atoms with Crippen molar-refractivity contribution in [3.8, 4) is 0 Å². The van der Waals surface area contributed by atoms with Gasteiger partial charge in [0.05, 0.1) is 19.6 Å². The first-order valence-electron chi connectivity index (χ1n) is 15.3. The van der Waals surface area contributed by atoms with Gasteiger partial charge in [-0.25, -0.2) is 9.48 Å². The summed E-state index contributed by atoms with van der Waals surface area (Å²) in [5.41, 5.74) is -0.0585. The fourth-order valence-corrected chi connectivity index (χ4v) is 4.94. The van der Waals surface area contributed by atoms with Crippen molar-refractivity contribution < 1.29 is 33.4 Å². The molecular weight excluding hydrogens is 606 g/mol. The Morgan fingerprint density at radius 1 is 0.957 bits per heavy atom. The number of ether oxygens (including phenoxy) is 3. The van der Waals surface area contributed by atoms with Crippen molar-refractivity contribution in [2.45, 2.75) is 84.3 Å². The Morgan fingerprint density at radius 3 is 2.32 bits per heavy atom. The third-order valence-electron chi connectivity index (χ3n) is 7.15. The number of esters is 2. The molecule has 0 aliphatic carbocycles. The Balaban J connectivity index is 1.84. The van der Waals surface area contributed by atoms with E-state index in [1.54, 1.807) is 32.9 Å². The van der Waals surface area contributed by atoms with E-state index < -0.39 is 47.5 Å². The van der Waals surface area contributed by atoms with Gasteiger partial charge in [0, 0.05) is 24.8 Å². The Hall–Kier alpha value is -4.85. The predicted octanol–water partition coefficient (Wildman–Crippen LogP) is 2.68. The molecule has 3 rings (SSSR count). The van der Waals surface area contributed by atoms with Crippen LogP contribution < -0.4 is 16.0 Å². The molecule has 1 heterocycles. The number of fused-ring (bicyclic) bond motifs is 1. The lowest BCUT2D eigenvalue weighted by Crippen LogP contribution is -2.54. The van der Waals surface area contributed by atoms with Gasteiger partial charge in [-0.3, -0.25) is 14.4 Å². The zero-order chi connectivity index (χ0) is 34.7. The van der Waals surface area contributed by atoms with Crippen LogP contribution in [0.5, 0.6) is 0 Å². The molecule has 0 aliphatic heterocycles. The van der Waals surface area contributed by atoms with E-state index in [0.29, 0.717) is 11.4 Å². The molecule has 254 valence electrons. The summed E-state index contributed by atoms with van der Waals surface area (Å²) >= 11 is 0. The first kappa shape index (κ1) is 36.6. The highest BCUT2D eigenvalue weighted by Crippen LogP contribution is 2.19. The second-order valence-electron chi connectivity index (χ2n) is 12.4. The number of tetrazole rings is 1. The molecule has 14 heteroatoms. The fourth-order valence-electron chi connectivity index (χ4n) is 4.94. The fraction of sp³-hybridized carbons (Fsp3) is 0.485. The van der Waals surface area contributed by atoms with E-state index in [9.17, 15) is 19.2 Å². The van der Waals surface area contributed by atoms with Crippen molar-refractivity contribution in [2.75, 3.05) is 14.2 Å². The third kappa shape index (κ3) is 10.6. The molecule has 0 saturated heterocycles. The van der Waals surface area contributed by atoms with Crippen LogP contribution >= 0.6 is 0 Å². The van der Waals surface area contributed by atoms with Crippen molar-refractivity contribution >= 4 is 34.5 Å². The monoisotopic (exact) mass is 651 g/mol. The van der Waals surface area contributed by atoms with Gasteiger partial charge in [-0.1, -0.05) is 56.8 Å². The number of hydrogen-bond acceptors (Lipinski definition) is 11. The number of benzene rings is 2. The van der Waals surface area contributed by atoms with Crippen LogP contribution in [-0.2, 0) is 41.7 Å². The summed E-state index contributed by atoms with van der Waals surface area (Å²) in [5.74, 6) is -1.96. The number of carbonyl (C=O) groups is 4. The molecule has 0 unspecified atom stereocenters. The van der Waals surface area contributed by atoms with Crippen molar-refractivity contribution in [1.29, 1.82) is 0 Å². The van der Waals surface area contributed by atoms with Gasteiger partial charge in [0.1, 0.15) is 24.4 Å². The quantitative estimate of drug-likeness (QED) is 0.194. The maximum Gasteiger partial charge on any atom is 0.328 e. The lowest BCUT2D eigenvalue weighted by molar-refractivity contribution is -0.158. The van der Waals surface area contributed by atoms with Gasteiger partial charge in [-0.2, -0.15) is 0 Å². The van der Waals surface area contributed by atoms with E-state index in [0.717, 1.165) is 10.8 Å². The molecule has 0 bridgehead atoms. The Labute approximate surface area is 274 Å². The van der Waals surface area contributed by atoms with Crippen LogP contribution in [0.3, 0.4) is 0 Å². The highest BCUT2D eigenvalue weighted by atomic mass is 16.6. The maximum absolute atomic E-state index is 13.9. The van der Waals surface area contributed by atoms with E-state index in [4.69, 9.17) is 14.2 Å². The summed E-state index contributed by atoms with van der Waals surface area (Å²) in [5, 5.41) is 22.1. The van der Waals surface area contributed by atoms with Crippen LogP contribution in [0.1, 0.15) is 63.6 Å². The molecule has 3 N–H and O–H groups in total. The van der Waals surface area contributed by atoms with Crippen molar-refractivity contribution in [3.63, 3.8) is 0 Å². The van der Waals surface area contributed by atoms with Crippen LogP contribution in [0.25, 0.3) is 10.8 Å². The second-order valence-corrected chi connectivity index (χ2v) is 12.4. The number of nitrogens with zero attached hydrogens (tertiary/aromatic N) is 4. The molecular formula is C33H45N7O7. The molecule has 0 fully saturated rings. The molecule has 3 aromatic rings. The van der Waals surface area contributed by atoms with Crippen LogP contribution in [0, 0.1) is 5.92 Å². The summed E-state index contributed by atoms with van der Waals surface area (Å²) in [7, 11) is 2.72. The molecule has 0 saturated carbocycles. The summed E-state index contributed by atoms with van der Waals surface area (Å²) < 4.78 is 16.9. The van der Waals surface area contributed by atoms with Gasteiger partial charge < -0.3 is 30.2 Å². The lowest BCUT2D eigenvalue weighted by Gasteiger charge is -2.30. The van der Waals surface area contributed by atoms with E-state index >= 15 is 0 Å².